The van der Waals surface area contributed by atoms with Crippen molar-refractivity contribution in [2.75, 3.05) is 32.1 Å². The quantitative estimate of drug-likeness (QED) is 0.721. The number of hydrogen-bond donors (Lipinski definition) is 0. The summed E-state index contributed by atoms with van der Waals surface area (Å²) in [6.07, 6.45) is 5.27. The third-order valence-corrected chi connectivity index (χ3v) is 6.49. The van der Waals surface area contributed by atoms with Crippen molar-refractivity contribution in [3.63, 3.8) is 0 Å². The van der Waals surface area contributed by atoms with Crippen LogP contribution in [0.1, 0.15) is 55.4 Å². The lowest BCUT2D eigenvalue weighted by Crippen LogP contribution is -2.42. The summed E-state index contributed by atoms with van der Waals surface area (Å²) in [5.41, 5.74) is 6.52. The van der Waals surface area contributed by atoms with Crippen LogP contribution in [0.25, 0.3) is 6.08 Å². The number of aryl methyl sites for hydroxylation is 1. The van der Waals surface area contributed by atoms with Gasteiger partial charge in [0.05, 0.1) is 0 Å². The number of rotatable bonds is 5. The van der Waals surface area contributed by atoms with Gasteiger partial charge in [0.25, 0.3) is 0 Å². The van der Waals surface area contributed by atoms with E-state index in [2.05, 4.69) is 73.8 Å². The van der Waals surface area contributed by atoms with Crippen LogP contribution in [0.5, 0.6) is 0 Å². The Bertz CT molecular complexity index is 1100. The summed E-state index contributed by atoms with van der Waals surface area (Å²) < 4.78 is 2.36. The summed E-state index contributed by atoms with van der Waals surface area (Å²) in [5.74, 6) is -0.961. The van der Waals surface area contributed by atoms with E-state index in [0.29, 0.717) is 6.42 Å². The number of fused-ring (bicyclic) bond motifs is 3. The average Bonchev–Trinajstić information content (AvgIpc) is 2.66. The topological polar surface area (TPSA) is 46.4 Å². The summed E-state index contributed by atoms with van der Waals surface area (Å²) in [7, 11) is 4.16. The van der Waals surface area contributed by atoms with Gasteiger partial charge >= 0.3 is 0 Å². The molecule has 0 saturated heterocycles. The predicted octanol–water partition coefficient (Wildman–Crippen LogP) is 1.19. The summed E-state index contributed by atoms with van der Waals surface area (Å²) in [5, 5.41) is 13.4. The van der Waals surface area contributed by atoms with Crippen molar-refractivity contribution in [3.05, 3.63) is 63.2 Å². The number of nitrogens with zero attached hydrogens (tertiary/aromatic N) is 2. The highest BCUT2D eigenvalue weighted by molar-refractivity contribution is 5.67. The SMILES string of the molecule is CN(C)c1ccc2c(c1)C(C)(C)c1cc3c(cc1=C2)CCC[N+]=3CCCC(=O)[O-]. The van der Waals surface area contributed by atoms with Crippen molar-refractivity contribution in [2.45, 2.75) is 44.9 Å². The van der Waals surface area contributed by atoms with Crippen LogP contribution in [0.3, 0.4) is 0 Å². The molecule has 4 rings (SSSR count). The zero-order valence-electron chi connectivity index (χ0n) is 17.9. The Hall–Kier alpha value is -2.62. The Kier molecular flexibility index (Phi) is 4.97. The Balaban J connectivity index is 1.86. The number of carbonyl (C=O) groups excluding carboxylic acids is 1. The van der Waals surface area contributed by atoms with Crippen LogP contribution in [0, 0.1) is 0 Å². The molecule has 4 heteroatoms. The molecule has 29 heavy (non-hydrogen) atoms. The number of anilines is 1. The summed E-state index contributed by atoms with van der Waals surface area (Å²) in [4.78, 5) is 13.0. The van der Waals surface area contributed by atoms with Crippen LogP contribution in [-0.2, 0) is 16.6 Å². The number of carboxylic acids is 1. The Morgan fingerprint density at radius 3 is 2.69 bits per heavy atom. The normalized spacial score (nSPS) is 16.3. The van der Waals surface area contributed by atoms with Crippen molar-refractivity contribution in [1.29, 1.82) is 0 Å². The molecule has 0 unspecified atom stereocenters. The van der Waals surface area contributed by atoms with Crippen LogP contribution in [0.4, 0.5) is 5.69 Å². The van der Waals surface area contributed by atoms with Gasteiger partial charge in [0.15, 0.2) is 0 Å². The fourth-order valence-electron chi connectivity index (χ4n) is 4.84. The minimum absolute atomic E-state index is 0.0887. The van der Waals surface area contributed by atoms with E-state index >= 15 is 0 Å². The molecule has 0 aromatic heterocycles. The molecular weight excluding hydrogens is 360 g/mol. The molecule has 0 bridgehead atoms. The summed E-state index contributed by atoms with van der Waals surface area (Å²) in [6.45, 7) is 6.38. The van der Waals surface area contributed by atoms with Crippen molar-refractivity contribution >= 4 is 17.7 Å². The van der Waals surface area contributed by atoms with Crippen molar-refractivity contribution in [3.8, 4) is 0 Å². The smallest absolute Gasteiger partial charge is 0.203 e. The predicted molar refractivity (Wildman–Crippen MR) is 116 cm³/mol. The first-order valence-electron chi connectivity index (χ1n) is 10.6. The third-order valence-electron chi connectivity index (χ3n) is 6.49. The molecule has 1 heterocycles. The zero-order valence-corrected chi connectivity index (χ0v) is 17.9. The van der Waals surface area contributed by atoms with Gasteiger partial charge in [-0.05, 0) is 59.0 Å². The first-order chi connectivity index (χ1) is 13.8. The Morgan fingerprint density at radius 2 is 1.97 bits per heavy atom. The second-order valence-electron chi connectivity index (χ2n) is 9.07. The standard InChI is InChI=1S/C25H30N2O2/c1-25(2)21-15-20(26(3)4)10-9-17(21)13-19-14-18-7-5-11-27(12-6-8-24(28)29)23(18)16-22(19)25/h9-10,13-16H,5-8,11-12H2,1-4H3. The van der Waals surface area contributed by atoms with Gasteiger partial charge in [-0.25, -0.2) is 4.58 Å². The maximum Gasteiger partial charge on any atom is 0.203 e. The molecule has 2 aromatic carbocycles. The van der Waals surface area contributed by atoms with Crippen LogP contribution in [-0.4, -0.2) is 33.2 Å². The first-order valence-corrected chi connectivity index (χ1v) is 10.6. The van der Waals surface area contributed by atoms with Gasteiger partial charge in [-0.3, -0.25) is 0 Å². The van der Waals surface area contributed by atoms with E-state index in [-0.39, 0.29) is 11.8 Å². The van der Waals surface area contributed by atoms with E-state index in [4.69, 9.17) is 0 Å². The van der Waals surface area contributed by atoms with Gasteiger partial charge in [-0.1, -0.05) is 19.9 Å². The highest BCUT2D eigenvalue weighted by Gasteiger charge is 2.31. The molecule has 152 valence electrons. The highest BCUT2D eigenvalue weighted by atomic mass is 16.4. The van der Waals surface area contributed by atoms with Crippen LogP contribution in [0.15, 0.2) is 30.3 Å². The minimum atomic E-state index is -0.961. The molecule has 1 aliphatic heterocycles. The molecule has 4 nitrogen and oxygen atoms in total. The molecule has 0 spiro atoms. The molecule has 0 radical (unpaired) electrons. The van der Waals surface area contributed by atoms with Gasteiger partial charge in [0.1, 0.15) is 13.1 Å². The number of hydrogen-bond acceptors (Lipinski definition) is 3. The van der Waals surface area contributed by atoms with E-state index in [1.54, 1.807) is 0 Å². The van der Waals surface area contributed by atoms with E-state index in [1.165, 1.54) is 38.5 Å². The molecule has 2 aromatic rings. The number of carbonyl (C=O) groups is 1. The lowest BCUT2D eigenvalue weighted by atomic mass is 9.71. The fraction of sp³-hybridized carbons (Fsp3) is 0.440. The van der Waals surface area contributed by atoms with Crippen LogP contribution < -0.4 is 25.2 Å². The van der Waals surface area contributed by atoms with E-state index < -0.39 is 5.97 Å². The second-order valence-corrected chi connectivity index (χ2v) is 9.07. The number of carboxylic acid groups (broad SMARTS) is 1. The van der Waals surface area contributed by atoms with Gasteiger partial charge in [0.2, 0.25) is 5.36 Å². The van der Waals surface area contributed by atoms with E-state index in [0.717, 1.165) is 25.9 Å². The van der Waals surface area contributed by atoms with Gasteiger partial charge in [0, 0.05) is 55.6 Å². The van der Waals surface area contributed by atoms with Crippen LogP contribution >= 0.6 is 0 Å². The van der Waals surface area contributed by atoms with Gasteiger partial charge in [-0.2, -0.15) is 0 Å². The van der Waals surface area contributed by atoms with E-state index in [1.807, 2.05) is 0 Å². The maximum absolute atomic E-state index is 10.8. The van der Waals surface area contributed by atoms with Crippen molar-refractivity contribution in [1.82, 2.24) is 4.58 Å². The number of aliphatic carboxylic acids is 1. The molecule has 0 fully saturated rings. The molecule has 0 amide bonds. The molecule has 0 atom stereocenters. The highest BCUT2D eigenvalue weighted by Crippen LogP contribution is 2.36. The lowest BCUT2D eigenvalue weighted by Gasteiger charge is -2.33. The summed E-state index contributed by atoms with van der Waals surface area (Å²) >= 11 is 0. The monoisotopic (exact) mass is 390 g/mol. The lowest BCUT2D eigenvalue weighted by molar-refractivity contribution is -0.305. The molecule has 0 saturated carbocycles. The minimum Gasteiger partial charge on any atom is -0.550 e. The van der Waals surface area contributed by atoms with E-state index in [9.17, 15) is 9.90 Å². The van der Waals surface area contributed by atoms with Gasteiger partial charge in [-0.15, -0.1) is 0 Å². The molecule has 2 aliphatic rings. The fourth-order valence-corrected chi connectivity index (χ4v) is 4.84. The number of benzene rings is 2. The Morgan fingerprint density at radius 1 is 1.17 bits per heavy atom. The molecular formula is C25H30N2O2. The average molecular weight is 391 g/mol. The molecule has 0 N–H and O–H groups in total. The maximum atomic E-state index is 10.8. The van der Waals surface area contributed by atoms with Crippen molar-refractivity contribution < 1.29 is 9.90 Å². The van der Waals surface area contributed by atoms with Crippen molar-refractivity contribution in [2.24, 2.45) is 0 Å². The third kappa shape index (κ3) is 3.57. The largest absolute Gasteiger partial charge is 0.550 e. The molecule has 1 aliphatic carbocycles. The first kappa shape index (κ1) is 19.7. The Labute approximate surface area is 172 Å². The second kappa shape index (κ2) is 7.33. The van der Waals surface area contributed by atoms with Gasteiger partial charge < -0.3 is 14.8 Å². The summed E-state index contributed by atoms with van der Waals surface area (Å²) in [6, 6.07) is 11.5. The zero-order chi connectivity index (χ0) is 20.8. The van der Waals surface area contributed by atoms with Crippen LogP contribution in [0.2, 0.25) is 0 Å².